The van der Waals surface area contributed by atoms with Crippen molar-refractivity contribution in [2.24, 2.45) is 0 Å². The average Bonchev–Trinajstić information content (AvgIpc) is 3.01. The molecule has 0 saturated carbocycles. The van der Waals surface area contributed by atoms with Crippen molar-refractivity contribution in [3.8, 4) is 5.88 Å². The first-order valence-corrected chi connectivity index (χ1v) is 9.22. The molecule has 0 bridgehead atoms. The number of rotatable bonds is 4. The number of hydrogen-bond acceptors (Lipinski definition) is 8. The third-order valence-electron chi connectivity index (χ3n) is 4.23. The highest BCUT2D eigenvalue weighted by Gasteiger charge is 2.28. The Bertz CT molecular complexity index is 785. The van der Waals surface area contributed by atoms with E-state index in [2.05, 4.69) is 25.1 Å². The standard InChI is InChI=1S/C18H26N6O3/c1-5-26-13-7-8-19-17(20-13)24-10-6-9-23(11-12-24)15(25)14-21-22-16(27-14)18(2,3)4/h7-8H,5-6,9-12H2,1-4H3. The van der Waals surface area contributed by atoms with E-state index in [0.717, 1.165) is 13.0 Å². The van der Waals surface area contributed by atoms with Gasteiger partial charge in [0.25, 0.3) is 0 Å². The molecule has 1 aliphatic heterocycles. The summed E-state index contributed by atoms with van der Waals surface area (Å²) < 4.78 is 11.0. The van der Waals surface area contributed by atoms with Gasteiger partial charge in [-0.2, -0.15) is 4.98 Å². The summed E-state index contributed by atoms with van der Waals surface area (Å²) in [6.07, 6.45) is 2.49. The van der Waals surface area contributed by atoms with Gasteiger partial charge in [-0.25, -0.2) is 4.98 Å². The van der Waals surface area contributed by atoms with Crippen LogP contribution in [0.3, 0.4) is 0 Å². The van der Waals surface area contributed by atoms with E-state index in [9.17, 15) is 4.79 Å². The zero-order valence-corrected chi connectivity index (χ0v) is 16.3. The minimum absolute atomic E-state index is 0.0444. The lowest BCUT2D eigenvalue weighted by Crippen LogP contribution is -2.35. The van der Waals surface area contributed by atoms with E-state index in [4.69, 9.17) is 9.15 Å². The van der Waals surface area contributed by atoms with Gasteiger partial charge in [0.15, 0.2) is 0 Å². The normalized spacial score (nSPS) is 15.6. The maximum atomic E-state index is 12.7. The zero-order chi connectivity index (χ0) is 19.4. The Kier molecular flexibility index (Phi) is 5.57. The number of nitrogens with zero attached hydrogens (tertiary/aromatic N) is 6. The Balaban J connectivity index is 1.67. The Morgan fingerprint density at radius 3 is 2.74 bits per heavy atom. The zero-order valence-electron chi connectivity index (χ0n) is 16.3. The smallest absolute Gasteiger partial charge is 0.311 e. The fraction of sp³-hybridized carbons (Fsp3) is 0.611. The molecule has 9 heteroatoms. The summed E-state index contributed by atoms with van der Waals surface area (Å²) in [6.45, 7) is 10.9. The lowest BCUT2D eigenvalue weighted by atomic mass is 9.97. The van der Waals surface area contributed by atoms with Crippen LogP contribution in [0.5, 0.6) is 5.88 Å². The molecule has 0 aliphatic carbocycles. The molecule has 0 spiro atoms. The summed E-state index contributed by atoms with van der Waals surface area (Å²) >= 11 is 0. The van der Waals surface area contributed by atoms with Gasteiger partial charge in [0.1, 0.15) is 0 Å². The number of carbonyl (C=O) groups is 1. The summed E-state index contributed by atoms with van der Waals surface area (Å²) in [5.41, 5.74) is -0.288. The molecule has 146 valence electrons. The molecule has 1 amide bonds. The van der Waals surface area contributed by atoms with Gasteiger partial charge >= 0.3 is 11.8 Å². The van der Waals surface area contributed by atoms with Crippen LogP contribution in [0, 0.1) is 0 Å². The molecular formula is C18H26N6O3. The van der Waals surface area contributed by atoms with E-state index in [1.165, 1.54) is 0 Å². The van der Waals surface area contributed by atoms with E-state index < -0.39 is 0 Å². The average molecular weight is 374 g/mol. The van der Waals surface area contributed by atoms with E-state index in [1.54, 1.807) is 17.2 Å². The molecule has 2 aromatic rings. The Morgan fingerprint density at radius 2 is 2.04 bits per heavy atom. The van der Waals surface area contributed by atoms with Crippen LogP contribution in [0.15, 0.2) is 16.7 Å². The minimum atomic E-state index is -0.288. The van der Waals surface area contributed by atoms with Crippen LogP contribution < -0.4 is 9.64 Å². The van der Waals surface area contributed by atoms with Gasteiger partial charge in [-0.3, -0.25) is 4.79 Å². The van der Waals surface area contributed by atoms with Gasteiger partial charge in [0.2, 0.25) is 17.7 Å². The second-order valence-electron chi connectivity index (χ2n) is 7.42. The highest BCUT2D eigenvalue weighted by Crippen LogP contribution is 2.21. The molecule has 3 heterocycles. The van der Waals surface area contributed by atoms with Crippen molar-refractivity contribution in [1.82, 2.24) is 25.1 Å². The van der Waals surface area contributed by atoms with Crippen LogP contribution in [0.25, 0.3) is 0 Å². The lowest BCUT2D eigenvalue weighted by molar-refractivity contribution is 0.0723. The quantitative estimate of drug-likeness (QED) is 0.800. The second kappa shape index (κ2) is 7.89. The second-order valence-corrected chi connectivity index (χ2v) is 7.42. The third-order valence-corrected chi connectivity index (χ3v) is 4.23. The Morgan fingerprint density at radius 1 is 1.22 bits per heavy atom. The summed E-state index contributed by atoms with van der Waals surface area (Å²) in [5, 5.41) is 7.94. The molecule has 1 saturated heterocycles. The van der Waals surface area contributed by atoms with Crippen molar-refractivity contribution in [2.75, 3.05) is 37.7 Å². The summed E-state index contributed by atoms with van der Waals surface area (Å²) in [5.74, 6) is 1.44. The van der Waals surface area contributed by atoms with Crippen molar-refractivity contribution >= 4 is 11.9 Å². The number of carbonyl (C=O) groups excluding carboxylic acids is 1. The van der Waals surface area contributed by atoms with Crippen molar-refractivity contribution in [1.29, 1.82) is 0 Å². The van der Waals surface area contributed by atoms with Gasteiger partial charge in [0.05, 0.1) is 6.61 Å². The number of aromatic nitrogens is 4. The van der Waals surface area contributed by atoms with E-state index in [1.807, 2.05) is 27.7 Å². The molecular weight excluding hydrogens is 348 g/mol. The van der Waals surface area contributed by atoms with E-state index >= 15 is 0 Å². The molecule has 9 nitrogen and oxygen atoms in total. The molecule has 1 aliphatic rings. The van der Waals surface area contributed by atoms with Crippen molar-refractivity contribution in [2.45, 2.75) is 39.5 Å². The molecule has 0 N–H and O–H groups in total. The molecule has 0 unspecified atom stereocenters. The molecule has 27 heavy (non-hydrogen) atoms. The number of amides is 1. The molecule has 2 aromatic heterocycles. The van der Waals surface area contributed by atoms with Gasteiger partial charge in [0, 0.05) is 43.9 Å². The largest absolute Gasteiger partial charge is 0.478 e. The minimum Gasteiger partial charge on any atom is -0.478 e. The van der Waals surface area contributed by atoms with Crippen LogP contribution >= 0.6 is 0 Å². The first-order chi connectivity index (χ1) is 12.9. The predicted octanol–water partition coefficient (Wildman–Crippen LogP) is 1.91. The van der Waals surface area contributed by atoms with Gasteiger partial charge in [-0.1, -0.05) is 20.8 Å². The first kappa shape index (κ1) is 19.1. The molecule has 1 fully saturated rings. The van der Waals surface area contributed by atoms with Gasteiger partial charge in [-0.15, -0.1) is 10.2 Å². The first-order valence-electron chi connectivity index (χ1n) is 9.22. The predicted molar refractivity (Wildman–Crippen MR) is 98.9 cm³/mol. The molecule has 0 aromatic carbocycles. The van der Waals surface area contributed by atoms with Gasteiger partial charge in [-0.05, 0) is 13.3 Å². The summed E-state index contributed by atoms with van der Waals surface area (Å²) in [4.78, 5) is 25.3. The van der Waals surface area contributed by atoms with Crippen LogP contribution in [0.1, 0.15) is 50.7 Å². The van der Waals surface area contributed by atoms with Crippen molar-refractivity contribution < 1.29 is 13.9 Å². The summed E-state index contributed by atoms with van der Waals surface area (Å²) in [7, 11) is 0. The van der Waals surface area contributed by atoms with E-state index in [-0.39, 0.29) is 17.2 Å². The molecule has 0 radical (unpaired) electrons. The van der Waals surface area contributed by atoms with Crippen LogP contribution in [-0.4, -0.2) is 63.8 Å². The fourth-order valence-corrected chi connectivity index (χ4v) is 2.78. The number of ether oxygens (including phenoxy) is 1. The highest BCUT2D eigenvalue weighted by atomic mass is 16.5. The third kappa shape index (κ3) is 4.53. The monoisotopic (exact) mass is 374 g/mol. The van der Waals surface area contributed by atoms with Crippen molar-refractivity contribution in [3.05, 3.63) is 24.0 Å². The maximum Gasteiger partial charge on any atom is 0.311 e. The molecule has 3 rings (SSSR count). The van der Waals surface area contributed by atoms with Crippen LogP contribution in [-0.2, 0) is 5.41 Å². The van der Waals surface area contributed by atoms with E-state index in [0.29, 0.717) is 44.0 Å². The maximum absolute atomic E-state index is 12.7. The van der Waals surface area contributed by atoms with Crippen molar-refractivity contribution in [3.63, 3.8) is 0 Å². The lowest BCUT2D eigenvalue weighted by Gasteiger charge is -2.21. The Labute approximate surface area is 158 Å². The highest BCUT2D eigenvalue weighted by molar-refractivity contribution is 5.89. The fourth-order valence-electron chi connectivity index (χ4n) is 2.78. The van der Waals surface area contributed by atoms with Gasteiger partial charge < -0.3 is 19.0 Å². The topological polar surface area (TPSA) is 97.5 Å². The van der Waals surface area contributed by atoms with Crippen LogP contribution in [0.4, 0.5) is 5.95 Å². The van der Waals surface area contributed by atoms with Crippen LogP contribution in [0.2, 0.25) is 0 Å². The number of anilines is 1. The molecule has 0 atom stereocenters. The summed E-state index contributed by atoms with van der Waals surface area (Å²) in [6, 6.07) is 1.74. The Hall–Kier alpha value is -2.71. The SMILES string of the molecule is CCOc1ccnc(N2CCCN(C(=O)c3nnc(C(C)(C)C)o3)CC2)n1. The number of hydrogen-bond donors (Lipinski definition) is 0.